The molecule has 76 valence electrons. The summed E-state index contributed by atoms with van der Waals surface area (Å²) in [6.45, 7) is 4.08. The second-order valence-corrected chi connectivity index (χ2v) is 3.68. The molecule has 0 saturated carbocycles. The van der Waals surface area contributed by atoms with Crippen molar-refractivity contribution in [3.63, 3.8) is 0 Å². The van der Waals surface area contributed by atoms with Gasteiger partial charge in [0.05, 0.1) is 11.9 Å². The second kappa shape index (κ2) is 4.17. The molecule has 0 atom stereocenters. The fourth-order valence-electron chi connectivity index (χ4n) is 0.976. The zero-order valence-corrected chi connectivity index (χ0v) is 8.98. The molecular weight excluding hydrogens is 178 g/mol. The van der Waals surface area contributed by atoms with Gasteiger partial charge in [-0.2, -0.15) is 0 Å². The zero-order valence-electron chi connectivity index (χ0n) is 8.98. The topological polar surface area (TPSA) is 46.1 Å². The van der Waals surface area contributed by atoms with Crippen molar-refractivity contribution in [1.29, 1.82) is 0 Å². The lowest BCUT2D eigenvalue weighted by Crippen LogP contribution is -2.23. The maximum Gasteiger partial charge on any atom is 0.273 e. The van der Waals surface area contributed by atoms with Crippen LogP contribution in [0.2, 0.25) is 0 Å². The van der Waals surface area contributed by atoms with Crippen LogP contribution in [-0.2, 0) is 0 Å². The number of amides is 1. The number of carbonyl (C=O) groups excluding carboxylic acids is 1. The molecule has 1 heterocycles. The Hall–Kier alpha value is -1.45. The van der Waals surface area contributed by atoms with Crippen molar-refractivity contribution in [3.8, 4) is 0 Å². The molecule has 0 aliphatic heterocycles. The smallest absolute Gasteiger partial charge is 0.273 e. The molecule has 1 aromatic rings. The Labute approximate surface area is 84.0 Å². The van der Waals surface area contributed by atoms with Crippen molar-refractivity contribution in [2.24, 2.45) is 0 Å². The van der Waals surface area contributed by atoms with Gasteiger partial charge in [-0.05, 0) is 5.92 Å². The first-order valence-electron chi connectivity index (χ1n) is 4.56. The van der Waals surface area contributed by atoms with Gasteiger partial charge in [0, 0.05) is 20.3 Å². The summed E-state index contributed by atoms with van der Waals surface area (Å²) in [6, 6.07) is 0. The van der Waals surface area contributed by atoms with Crippen LogP contribution in [0.1, 0.15) is 35.9 Å². The lowest BCUT2D eigenvalue weighted by molar-refractivity contribution is 0.0821. The summed E-state index contributed by atoms with van der Waals surface area (Å²) in [7, 11) is 3.39. The van der Waals surface area contributed by atoms with Crippen molar-refractivity contribution in [3.05, 3.63) is 23.8 Å². The Bertz CT molecular complexity index is 317. The van der Waals surface area contributed by atoms with Crippen LogP contribution in [-0.4, -0.2) is 34.9 Å². The number of aromatic nitrogens is 2. The molecule has 4 heteroatoms. The lowest BCUT2D eigenvalue weighted by atomic mass is 10.1. The Balaban J connectivity index is 2.89. The van der Waals surface area contributed by atoms with Crippen LogP contribution in [0.25, 0.3) is 0 Å². The molecule has 0 aromatic carbocycles. The van der Waals surface area contributed by atoms with Crippen LogP contribution in [0.4, 0.5) is 0 Å². The number of hydrogen-bond acceptors (Lipinski definition) is 3. The minimum Gasteiger partial charge on any atom is -0.343 e. The van der Waals surface area contributed by atoms with Gasteiger partial charge in [0.15, 0.2) is 0 Å². The summed E-state index contributed by atoms with van der Waals surface area (Å²) in [5, 5.41) is 0. The minimum absolute atomic E-state index is 0.118. The first-order valence-corrected chi connectivity index (χ1v) is 4.56. The molecule has 1 aromatic heterocycles. The molecule has 14 heavy (non-hydrogen) atoms. The average Bonchev–Trinajstić information content (AvgIpc) is 2.16. The molecule has 1 amide bonds. The van der Waals surface area contributed by atoms with Gasteiger partial charge in [0.2, 0.25) is 0 Å². The zero-order chi connectivity index (χ0) is 10.7. The summed E-state index contributed by atoms with van der Waals surface area (Å²) >= 11 is 0. The quantitative estimate of drug-likeness (QED) is 0.711. The van der Waals surface area contributed by atoms with Gasteiger partial charge in [-0.15, -0.1) is 0 Å². The maximum absolute atomic E-state index is 11.4. The molecule has 0 fully saturated rings. The van der Waals surface area contributed by atoms with Crippen LogP contribution < -0.4 is 0 Å². The highest BCUT2D eigenvalue weighted by Gasteiger charge is 2.10. The number of rotatable bonds is 2. The first-order chi connectivity index (χ1) is 6.52. The van der Waals surface area contributed by atoms with Gasteiger partial charge < -0.3 is 4.90 Å². The van der Waals surface area contributed by atoms with Gasteiger partial charge in [-0.25, -0.2) is 4.98 Å². The Morgan fingerprint density at radius 2 is 1.93 bits per heavy atom. The van der Waals surface area contributed by atoms with Gasteiger partial charge in [-0.3, -0.25) is 9.78 Å². The van der Waals surface area contributed by atoms with E-state index in [2.05, 4.69) is 9.97 Å². The Morgan fingerprint density at radius 1 is 1.29 bits per heavy atom. The third kappa shape index (κ3) is 2.28. The third-order valence-electron chi connectivity index (χ3n) is 1.89. The van der Waals surface area contributed by atoms with E-state index in [0.29, 0.717) is 11.6 Å². The van der Waals surface area contributed by atoms with E-state index in [4.69, 9.17) is 0 Å². The standard InChI is InChI=1S/C10H15N3O/c1-7(2)8-5-12-9(6-11-8)10(14)13(3)4/h5-7H,1-4H3. The van der Waals surface area contributed by atoms with E-state index in [1.54, 1.807) is 20.3 Å². The molecule has 4 nitrogen and oxygen atoms in total. The molecule has 0 N–H and O–H groups in total. The second-order valence-electron chi connectivity index (χ2n) is 3.68. The summed E-state index contributed by atoms with van der Waals surface area (Å²) in [5.74, 6) is 0.221. The van der Waals surface area contributed by atoms with Crippen LogP contribution in [0, 0.1) is 0 Å². The molecule has 0 radical (unpaired) electrons. The minimum atomic E-state index is -0.118. The van der Waals surface area contributed by atoms with E-state index in [0.717, 1.165) is 5.69 Å². The van der Waals surface area contributed by atoms with Crippen LogP contribution in [0.5, 0.6) is 0 Å². The van der Waals surface area contributed by atoms with Crippen molar-refractivity contribution < 1.29 is 4.79 Å². The number of hydrogen-bond donors (Lipinski definition) is 0. The Kier molecular flexibility index (Phi) is 3.17. The van der Waals surface area contributed by atoms with Gasteiger partial charge in [0.1, 0.15) is 5.69 Å². The van der Waals surface area contributed by atoms with E-state index in [1.165, 1.54) is 11.1 Å². The van der Waals surface area contributed by atoms with Crippen molar-refractivity contribution in [1.82, 2.24) is 14.9 Å². The monoisotopic (exact) mass is 193 g/mol. The van der Waals surface area contributed by atoms with Crippen molar-refractivity contribution in [2.75, 3.05) is 14.1 Å². The highest BCUT2D eigenvalue weighted by atomic mass is 16.2. The van der Waals surface area contributed by atoms with Gasteiger partial charge >= 0.3 is 0 Å². The molecular formula is C10H15N3O. The van der Waals surface area contributed by atoms with Gasteiger partial charge in [-0.1, -0.05) is 13.8 Å². The molecule has 0 saturated heterocycles. The number of nitrogens with zero attached hydrogens (tertiary/aromatic N) is 3. The number of carbonyl (C=O) groups is 1. The van der Waals surface area contributed by atoms with Crippen molar-refractivity contribution >= 4 is 5.91 Å². The van der Waals surface area contributed by atoms with E-state index < -0.39 is 0 Å². The molecule has 0 bridgehead atoms. The van der Waals surface area contributed by atoms with Crippen LogP contribution in [0.3, 0.4) is 0 Å². The largest absolute Gasteiger partial charge is 0.343 e. The fraction of sp³-hybridized carbons (Fsp3) is 0.500. The SMILES string of the molecule is CC(C)c1cnc(C(=O)N(C)C)cn1. The molecule has 0 aliphatic carbocycles. The van der Waals surface area contributed by atoms with E-state index in [9.17, 15) is 4.79 Å². The van der Waals surface area contributed by atoms with Gasteiger partial charge in [0.25, 0.3) is 5.91 Å². The summed E-state index contributed by atoms with van der Waals surface area (Å²) in [4.78, 5) is 21.2. The molecule has 0 spiro atoms. The van der Waals surface area contributed by atoms with E-state index in [-0.39, 0.29) is 5.91 Å². The van der Waals surface area contributed by atoms with E-state index >= 15 is 0 Å². The van der Waals surface area contributed by atoms with Crippen LogP contribution >= 0.6 is 0 Å². The van der Waals surface area contributed by atoms with Crippen LogP contribution in [0.15, 0.2) is 12.4 Å². The predicted molar refractivity (Wildman–Crippen MR) is 54.1 cm³/mol. The summed E-state index contributed by atoms with van der Waals surface area (Å²) < 4.78 is 0. The maximum atomic E-state index is 11.4. The fourth-order valence-corrected chi connectivity index (χ4v) is 0.976. The molecule has 1 rings (SSSR count). The first kappa shape index (κ1) is 10.6. The normalized spacial score (nSPS) is 10.4. The lowest BCUT2D eigenvalue weighted by Gasteiger charge is -2.09. The highest BCUT2D eigenvalue weighted by molar-refractivity contribution is 5.91. The predicted octanol–water partition coefficient (Wildman–Crippen LogP) is 1.30. The summed E-state index contributed by atoms with van der Waals surface area (Å²) in [6.07, 6.45) is 3.18. The highest BCUT2D eigenvalue weighted by Crippen LogP contribution is 2.09. The molecule has 0 aliphatic rings. The molecule has 0 unspecified atom stereocenters. The average molecular weight is 193 g/mol. The van der Waals surface area contributed by atoms with E-state index in [1.807, 2.05) is 13.8 Å². The Morgan fingerprint density at radius 3 is 2.29 bits per heavy atom. The van der Waals surface area contributed by atoms with Crippen molar-refractivity contribution in [2.45, 2.75) is 19.8 Å². The third-order valence-corrected chi connectivity index (χ3v) is 1.89. The summed E-state index contributed by atoms with van der Waals surface area (Å²) in [5.41, 5.74) is 1.29.